The Hall–Kier alpha value is -0.320. The first-order chi connectivity index (χ1) is 12.0. The predicted molar refractivity (Wildman–Crippen MR) is 97.9 cm³/mol. The van der Waals surface area contributed by atoms with Gasteiger partial charge in [0.1, 0.15) is 0 Å². The molecule has 11 nitrogen and oxygen atoms in total. The smallest absolute Gasteiger partial charge is 0.266 e. The molecule has 0 saturated carbocycles. The summed E-state index contributed by atoms with van der Waals surface area (Å²) < 4.78 is 104. The van der Waals surface area contributed by atoms with E-state index in [9.17, 15) is 33.7 Å². The zero-order valence-electron chi connectivity index (χ0n) is 15.4. The van der Waals surface area contributed by atoms with Crippen LogP contribution >= 0.6 is 0 Å². The molecule has 0 saturated heterocycles. The summed E-state index contributed by atoms with van der Waals surface area (Å²) in [5.74, 6) is -2.85. The van der Waals surface area contributed by atoms with Crippen LogP contribution in [-0.4, -0.2) is 69.4 Å². The van der Waals surface area contributed by atoms with E-state index in [0.29, 0.717) is 12.8 Å². The highest BCUT2D eigenvalue weighted by Crippen LogP contribution is 2.09. The third-order valence-corrected chi connectivity index (χ3v) is 7.15. The van der Waals surface area contributed by atoms with Crippen molar-refractivity contribution in [1.82, 2.24) is 0 Å². The quantitative estimate of drug-likeness (QED) is 0.231. The summed E-state index contributed by atoms with van der Waals surface area (Å²) in [4.78, 5) is 0. The molecule has 0 atom stereocenters. The lowest BCUT2D eigenvalue weighted by molar-refractivity contribution is 0.233. The molecule has 0 unspecified atom stereocenters. The SMILES string of the molecule is CC(C)OS(=O)(=O)COS(=O)(=O)CCCCCCS(=O)(=O)OCS(C)(=O)=O. The summed E-state index contributed by atoms with van der Waals surface area (Å²) in [5.41, 5.74) is 0. The molecule has 0 fully saturated rings. The van der Waals surface area contributed by atoms with Crippen molar-refractivity contribution in [2.45, 2.75) is 45.6 Å². The molecule has 0 aromatic carbocycles. The Bertz CT molecular complexity index is 852. The maximum Gasteiger partial charge on any atom is 0.293 e. The lowest BCUT2D eigenvalue weighted by Gasteiger charge is -2.09. The largest absolute Gasteiger partial charge is 0.293 e. The lowest BCUT2D eigenvalue weighted by atomic mass is 10.2. The molecule has 0 heterocycles. The van der Waals surface area contributed by atoms with E-state index >= 15 is 0 Å². The van der Waals surface area contributed by atoms with Crippen LogP contribution in [0.3, 0.4) is 0 Å². The van der Waals surface area contributed by atoms with Crippen LogP contribution in [0, 0.1) is 0 Å². The van der Waals surface area contributed by atoms with Gasteiger partial charge in [0.15, 0.2) is 21.7 Å². The molecule has 164 valence electrons. The number of sulfone groups is 1. The van der Waals surface area contributed by atoms with Gasteiger partial charge in [-0.05, 0) is 26.7 Å². The molecule has 15 heteroatoms. The third-order valence-electron chi connectivity index (χ3n) is 2.69. The highest BCUT2D eigenvalue weighted by Gasteiger charge is 2.20. The molecule has 0 N–H and O–H groups in total. The fraction of sp³-hybridized carbons (Fsp3) is 1.00. The number of hydrogen-bond acceptors (Lipinski definition) is 11. The predicted octanol–water partition coefficient (Wildman–Crippen LogP) is -0.0460. The Balaban J connectivity index is 4.10. The molecule has 0 bridgehead atoms. The lowest BCUT2D eigenvalue weighted by Crippen LogP contribution is -2.21. The van der Waals surface area contributed by atoms with E-state index in [2.05, 4.69) is 12.5 Å². The van der Waals surface area contributed by atoms with Crippen molar-refractivity contribution in [1.29, 1.82) is 0 Å². The molecule has 0 spiro atoms. The normalized spacial score (nSPS) is 13.9. The standard InChI is InChI=1S/C12H26O11S4/c1-12(2)23-27(19,20)11-22-26(17,18)9-7-5-4-6-8-25(15,16)21-10-24(3,13)14/h12H,4-11H2,1-3H3. The van der Waals surface area contributed by atoms with E-state index in [1.54, 1.807) is 0 Å². The third kappa shape index (κ3) is 16.3. The van der Waals surface area contributed by atoms with Crippen molar-refractivity contribution in [3.8, 4) is 0 Å². The minimum atomic E-state index is -4.11. The Morgan fingerprint density at radius 2 is 1.04 bits per heavy atom. The monoisotopic (exact) mass is 474 g/mol. The van der Waals surface area contributed by atoms with Gasteiger partial charge in [-0.1, -0.05) is 12.8 Å². The minimum absolute atomic E-state index is 0.137. The molecule has 0 aliphatic rings. The van der Waals surface area contributed by atoms with Crippen LogP contribution in [0.5, 0.6) is 0 Å². The van der Waals surface area contributed by atoms with E-state index in [-0.39, 0.29) is 12.8 Å². The van der Waals surface area contributed by atoms with Crippen molar-refractivity contribution >= 4 is 40.2 Å². The second-order valence-electron chi connectivity index (χ2n) is 6.04. The van der Waals surface area contributed by atoms with Gasteiger partial charge in [-0.3, -0.25) is 12.5 Å². The van der Waals surface area contributed by atoms with Gasteiger partial charge in [-0.25, -0.2) is 8.42 Å². The molecule has 0 rings (SSSR count). The number of hydrogen-bond donors (Lipinski definition) is 0. The second-order valence-corrected chi connectivity index (χ2v) is 13.2. The number of rotatable bonds is 15. The second kappa shape index (κ2) is 11.0. The zero-order chi connectivity index (χ0) is 21.4. The molecule has 0 aromatic rings. The summed E-state index contributed by atoms with van der Waals surface area (Å²) in [7, 11) is -15.7. The van der Waals surface area contributed by atoms with E-state index < -0.39 is 69.7 Å². The minimum Gasteiger partial charge on any atom is -0.266 e. The summed E-state index contributed by atoms with van der Waals surface area (Å²) in [6, 6.07) is 0. The van der Waals surface area contributed by atoms with Gasteiger partial charge in [0.05, 0.1) is 17.6 Å². The van der Waals surface area contributed by atoms with Crippen LogP contribution < -0.4 is 0 Å². The molecule has 0 aromatic heterocycles. The van der Waals surface area contributed by atoms with Crippen molar-refractivity contribution < 1.29 is 46.2 Å². The van der Waals surface area contributed by atoms with Crippen molar-refractivity contribution in [3.63, 3.8) is 0 Å². The van der Waals surface area contributed by atoms with E-state index in [0.717, 1.165) is 6.26 Å². The Morgan fingerprint density at radius 3 is 1.41 bits per heavy atom. The van der Waals surface area contributed by atoms with Gasteiger partial charge in [0, 0.05) is 6.26 Å². The molecule has 0 aliphatic carbocycles. The Kier molecular flexibility index (Phi) is 10.9. The van der Waals surface area contributed by atoms with Gasteiger partial charge >= 0.3 is 0 Å². The number of unbranched alkanes of at least 4 members (excludes halogenated alkanes) is 3. The van der Waals surface area contributed by atoms with E-state index in [1.165, 1.54) is 13.8 Å². The summed E-state index contributed by atoms with van der Waals surface area (Å²) in [5, 5.41) is 0. The Morgan fingerprint density at radius 1 is 0.630 bits per heavy atom. The maximum absolute atomic E-state index is 11.6. The molecule has 0 aliphatic heterocycles. The van der Waals surface area contributed by atoms with Crippen LogP contribution in [0.25, 0.3) is 0 Å². The van der Waals surface area contributed by atoms with Crippen molar-refractivity contribution in [2.24, 2.45) is 0 Å². The first-order valence-corrected chi connectivity index (χ1v) is 14.7. The fourth-order valence-corrected chi connectivity index (χ4v) is 5.98. The first kappa shape index (κ1) is 26.7. The fourth-order valence-electron chi connectivity index (χ4n) is 1.64. The summed E-state index contributed by atoms with van der Waals surface area (Å²) >= 11 is 0. The average Bonchev–Trinajstić information content (AvgIpc) is 2.45. The molecule has 0 amide bonds. The van der Waals surface area contributed by atoms with Crippen LogP contribution in [0.1, 0.15) is 39.5 Å². The van der Waals surface area contributed by atoms with Gasteiger partial charge in [-0.2, -0.15) is 25.3 Å². The van der Waals surface area contributed by atoms with Crippen LogP contribution in [-0.2, 0) is 52.7 Å². The Labute approximate surface area is 161 Å². The highest BCUT2D eigenvalue weighted by molar-refractivity contribution is 7.92. The van der Waals surface area contributed by atoms with Crippen molar-refractivity contribution in [3.05, 3.63) is 0 Å². The maximum atomic E-state index is 11.6. The van der Waals surface area contributed by atoms with Crippen molar-refractivity contribution in [2.75, 3.05) is 29.6 Å². The molecule has 27 heavy (non-hydrogen) atoms. The highest BCUT2D eigenvalue weighted by atomic mass is 32.2. The van der Waals surface area contributed by atoms with Gasteiger partial charge < -0.3 is 0 Å². The molecule has 0 radical (unpaired) electrons. The molecular weight excluding hydrogens is 448 g/mol. The zero-order valence-corrected chi connectivity index (χ0v) is 18.6. The summed E-state index contributed by atoms with van der Waals surface area (Å²) in [6.45, 7) is 2.94. The van der Waals surface area contributed by atoms with Crippen LogP contribution in [0.4, 0.5) is 0 Å². The van der Waals surface area contributed by atoms with Gasteiger partial charge in [0.25, 0.3) is 30.4 Å². The average molecular weight is 475 g/mol. The van der Waals surface area contributed by atoms with Gasteiger partial charge in [0.2, 0.25) is 0 Å². The van der Waals surface area contributed by atoms with Gasteiger partial charge in [-0.15, -0.1) is 0 Å². The van der Waals surface area contributed by atoms with E-state index in [4.69, 9.17) is 0 Å². The topological polar surface area (TPSA) is 164 Å². The molecular formula is C12H26O11S4. The van der Waals surface area contributed by atoms with Crippen LogP contribution in [0.2, 0.25) is 0 Å². The first-order valence-electron chi connectivity index (χ1n) is 7.86. The summed E-state index contributed by atoms with van der Waals surface area (Å²) in [6.07, 6.45) is 1.19. The van der Waals surface area contributed by atoms with Crippen LogP contribution in [0.15, 0.2) is 0 Å². The van der Waals surface area contributed by atoms with E-state index in [1.807, 2.05) is 0 Å².